The molecule has 4 rings (SSSR count). The molecule has 1 fully saturated rings. The standard InChI is InChI=1S/C24H26N2O7S/c1-24(9-12-34(30,31)15-24)26-21(27)14-18(22(28)16-5-3-2-4-6-16)23(29)25-17-7-8-19-20(13-17)33-11-10-32-19/h2-8,13,18H,9-12,14-15H2,1H3,(H,25,29)(H,26,27)/t18-,24-/m0/s1. The Morgan fingerprint density at radius 1 is 1.03 bits per heavy atom. The fourth-order valence-corrected chi connectivity index (χ4v) is 6.23. The molecule has 9 nitrogen and oxygen atoms in total. The zero-order valence-electron chi connectivity index (χ0n) is 18.7. The van der Waals surface area contributed by atoms with Gasteiger partial charge in [0.15, 0.2) is 27.1 Å². The lowest BCUT2D eigenvalue weighted by Gasteiger charge is -2.25. The van der Waals surface area contributed by atoms with Crippen LogP contribution in [0.5, 0.6) is 11.5 Å². The summed E-state index contributed by atoms with van der Waals surface area (Å²) in [5.41, 5.74) is -0.232. The Labute approximate surface area is 197 Å². The van der Waals surface area contributed by atoms with E-state index in [1.807, 2.05) is 0 Å². The average molecular weight is 487 g/mol. The van der Waals surface area contributed by atoms with E-state index in [2.05, 4.69) is 10.6 Å². The van der Waals surface area contributed by atoms with Gasteiger partial charge in [0.1, 0.15) is 19.1 Å². The zero-order valence-corrected chi connectivity index (χ0v) is 19.5. The van der Waals surface area contributed by atoms with Crippen molar-refractivity contribution in [3.05, 3.63) is 54.1 Å². The summed E-state index contributed by atoms with van der Waals surface area (Å²) in [4.78, 5) is 39.2. The van der Waals surface area contributed by atoms with Crippen molar-refractivity contribution >= 4 is 33.1 Å². The lowest BCUT2D eigenvalue weighted by Crippen LogP contribution is -2.48. The van der Waals surface area contributed by atoms with E-state index in [4.69, 9.17) is 9.47 Å². The number of ketones is 1. The second kappa shape index (κ2) is 9.46. The second-order valence-electron chi connectivity index (χ2n) is 8.79. The van der Waals surface area contributed by atoms with Crippen LogP contribution in [0.4, 0.5) is 5.69 Å². The molecule has 2 aromatic rings. The first-order valence-electron chi connectivity index (χ1n) is 11.0. The van der Waals surface area contributed by atoms with Gasteiger partial charge in [0.2, 0.25) is 11.8 Å². The van der Waals surface area contributed by atoms with E-state index in [0.29, 0.717) is 36.0 Å². The maximum atomic E-state index is 13.2. The average Bonchev–Trinajstić information content (AvgIpc) is 3.09. The number of hydrogen-bond acceptors (Lipinski definition) is 7. The highest BCUT2D eigenvalue weighted by Crippen LogP contribution is 2.33. The minimum absolute atomic E-state index is 0.0131. The molecule has 0 aromatic heterocycles. The number of Topliss-reactive ketones (excluding diaryl/α,β-unsaturated/α-hetero) is 1. The van der Waals surface area contributed by atoms with Gasteiger partial charge < -0.3 is 20.1 Å². The predicted octanol–water partition coefficient (Wildman–Crippen LogP) is 1.98. The van der Waals surface area contributed by atoms with Crippen LogP contribution in [0.15, 0.2) is 48.5 Å². The third-order valence-corrected chi connectivity index (χ3v) is 7.74. The molecule has 2 amide bonds. The number of anilines is 1. The molecule has 2 N–H and O–H groups in total. The van der Waals surface area contributed by atoms with Gasteiger partial charge >= 0.3 is 0 Å². The zero-order chi connectivity index (χ0) is 24.3. The Bertz CT molecular complexity index is 1210. The molecule has 2 aliphatic heterocycles. The molecule has 1 saturated heterocycles. The van der Waals surface area contributed by atoms with E-state index >= 15 is 0 Å². The van der Waals surface area contributed by atoms with Crippen molar-refractivity contribution in [2.45, 2.75) is 25.3 Å². The van der Waals surface area contributed by atoms with E-state index in [9.17, 15) is 22.8 Å². The van der Waals surface area contributed by atoms with Crippen LogP contribution in [0.1, 0.15) is 30.1 Å². The van der Waals surface area contributed by atoms with Crippen molar-refractivity contribution in [1.82, 2.24) is 5.32 Å². The number of ether oxygens (including phenoxy) is 2. The smallest absolute Gasteiger partial charge is 0.235 e. The van der Waals surface area contributed by atoms with Gasteiger partial charge in [0.25, 0.3) is 0 Å². The van der Waals surface area contributed by atoms with Crippen LogP contribution in [0, 0.1) is 5.92 Å². The van der Waals surface area contributed by atoms with Crippen molar-refractivity contribution < 1.29 is 32.3 Å². The maximum absolute atomic E-state index is 13.2. The molecule has 2 aromatic carbocycles. The van der Waals surface area contributed by atoms with E-state index in [-0.39, 0.29) is 17.9 Å². The molecule has 0 bridgehead atoms. The van der Waals surface area contributed by atoms with Crippen LogP contribution in [0.2, 0.25) is 0 Å². The van der Waals surface area contributed by atoms with E-state index in [1.165, 1.54) is 0 Å². The van der Waals surface area contributed by atoms with Crippen LogP contribution in [-0.4, -0.2) is 56.3 Å². The molecule has 2 heterocycles. The van der Waals surface area contributed by atoms with Crippen molar-refractivity contribution in [3.63, 3.8) is 0 Å². The van der Waals surface area contributed by atoms with E-state index in [0.717, 1.165) is 0 Å². The van der Waals surface area contributed by atoms with Crippen molar-refractivity contribution in [3.8, 4) is 11.5 Å². The number of benzene rings is 2. The third-order valence-electron chi connectivity index (χ3n) is 5.84. The second-order valence-corrected chi connectivity index (χ2v) is 11.0. The topological polar surface area (TPSA) is 128 Å². The summed E-state index contributed by atoms with van der Waals surface area (Å²) < 4.78 is 34.7. The first kappa shape index (κ1) is 23.7. The third kappa shape index (κ3) is 5.56. The van der Waals surface area contributed by atoms with Gasteiger partial charge in [-0.3, -0.25) is 14.4 Å². The lowest BCUT2D eigenvalue weighted by atomic mass is 9.92. The minimum Gasteiger partial charge on any atom is -0.486 e. The molecule has 0 aliphatic carbocycles. The summed E-state index contributed by atoms with van der Waals surface area (Å²) in [6.45, 7) is 2.47. The molecule has 0 saturated carbocycles. The quantitative estimate of drug-likeness (QED) is 0.452. The number of rotatable bonds is 7. The number of nitrogens with one attached hydrogen (secondary N) is 2. The molecule has 0 unspecified atom stereocenters. The molecule has 180 valence electrons. The molecule has 10 heteroatoms. The van der Waals surface area contributed by atoms with Gasteiger partial charge in [0, 0.05) is 23.7 Å². The van der Waals surface area contributed by atoms with Crippen LogP contribution in [0.3, 0.4) is 0 Å². The van der Waals surface area contributed by atoms with Gasteiger partial charge in [-0.15, -0.1) is 0 Å². The first-order valence-corrected chi connectivity index (χ1v) is 12.8. The Morgan fingerprint density at radius 2 is 1.74 bits per heavy atom. The van der Waals surface area contributed by atoms with Crippen molar-refractivity contribution in [2.24, 2.45) is 5.92 Å². The minimum atomic E-state index is -3.24. The van der Waals surface area contributed by atoms with Crippen LogP contribution < -0.4 is 20.1 Å². The van der Waals surface area contributed by atoms with Gasteiger partial charge in [-0.25, -0.2) is 8.42 Å². The molecule has 34 heavy (non-hydrogen) atoms. The molecular formula is C24H26N2O7S. The SMILES string of the molecule is C[C@]1(NC(=O)C[C@H](C(=O)Nc2ccc3c(c2)OCCO3)C(=O)c2ccccc2)CCS(=O)(=O)C1. The largest absolute Gasteiger partial charge is 0.486 e. The first-order chi connectivity index (χ1) is 16.1. The fourth-order valence-electron chi connectivity index (χ4n) is 4.14. The molecule has 2 atom stereocenters. The highest BCUT2D eigenvalue weighted by molar-refractivity contribution is 7.91. The Kier molecular flexibility index (Phi) is 6.60. The summed E-state index contributed by atoms with van der Waals surface area (Å²) in [7, 11) is -3.24. The van der Waals surface area contributed by atoms with Crippen LogP contribution >= 0.6 is 0 Å². The number of amides is 2. The Morgan fingerprint density at radius 3 is 2.41 bits per heavy atom. The van der Waals surface area contributed by atoms with Crippen molar-refractivity contribution in [1.29, 1.82) is 0 Å². The summed E-state index contributed by atoms with van der Waals surface area (Å²) in [5.74, 6) is -2.18. The van der Waals surface area contributed by atoms with Crippen LogP contribution in [-0.2, 0) is 19.4 Å². The lowest BCUT2D eigenvalue weighted by molar-refractivity contribution is -0.127. The molecule has 0 spiro atoms. The number of carbonyl (C=O) groups is 3. The number of carbonyl (C=O) groups excluding carboxylic acids is 3. The van der Waals surface area contributed by atoms with E-state index < -0.39 is 45.3 Å². The monoisotopic (exact) mass is 486 g/mol. The molecule has 2 aliphatic rings. The Hall–Kier alpha value is -3.40. The summed E-state index contributed by atoms with van der Waals surface area (Å²) in [6.07, 6.45) is -0.137. The van der Waals surface area contributed by atoms with Gasteiger partial charge in [0.05, 0.1) is 17.0 Å². The number of fused-ring (bicyclic) bond motifs is 1. The summed E-state index contributed by atoms with van der Waals surface area (Å²) >= 11 is 0. The highest BCUT2D eigenvalue weighted by atomic mass is 32.2. The van der Waals surface area contributed by atoms with Crippen molar-refractivity contribution in [2.75, 3.05) is 30.0 Å². The highest BCUT2D eigenvalue weighted by Gasteiger charge is 2.40. The van der Waals surface area contributed by atoms with Crippen LogP contribution in [0.25, 0.3) is 0 Å². The normalized spacial score (nSPS) is 21.3. The number of sulfone groups is 1. The summed E-state index contributed by atoms with van der Waals surface area (Å²) in [5, 5.41) is 5.41. The summed E-state index contributed by atoms with van der Waals surface area (Å²) in [6, 6.07) is 13.1. The predicted molar refractivity (Wildman–Crippen MR) is 125 cm³/mol. The van der Waals surface area contributed by atoms with Gasteiger partial charge in [-0.1, -0.05) is 30.3 Å². The van der Waals surface area contributed by atoms with Gasteiger partial charge in [-0.2, -0.15) is 0 Å². The fraction of sp³-hybridized carbons (Fsp3) is 0.375. The molecule has 0 radical (unpaired) electrons. The van der Waals surface area contributed by atoms with E-state index in [1.54, 1.807) is 55.5 Å². The molecular weight excluding hydrogens is 460 g/mol. The number of hydrogen-bond donors (Lipinski definition) is 2. The Balaban J connectivity index is 1.52. The maximum Gasteiger partial charge on any atom is 0.235 e. The van der Waals surface area contributed by atoms with Gasteiger partial charge in [-0.05, 0) is 25.5 Å².